The number of carbonyl (C=O) groups excluding carboxylic acids is 1. The molecule has 4 rings (SSSR count). The Morgan fingerprint density at radius 3 is 2.64 bits per heavy atom. The van der Waals surface area contributed by atoms with Crippen LogP contribution in [0.4, 0.5) is 0 Å². The third-order valence-electron chi connectivity index (χ3n) is 5.31. The normalized spacial score (nSPS) is 10.8. The van der Waals surface area contributed by atoms with E-state index >= 15 is 0 Å². The standard InChI is InChI=1S/C25H26N4O4/c1-3-33-20-10-8-18(9-11-20)21-16-22-25(31)28(14-15-29(22)27-21)13-12-24(30)26-17-19-6-4-5-7-23(19)32-2/h4-11,14-16H,3,12-13,17H2,1-2H3,(H,26,30). The second-order valence-corrected chi connectivity index (χ2v) is 7.45. The molecule has 2 aromatic carbocycles. The Labute approximate surface area is 191 Å². The summed E-state index contributed by atoms with van der Waals surface area (Å²) < 4.78 is 13.9. The van der Waals surface area contributed by atoms with Crippen molar-refractivity contribution in [1.29, 1.82) is 0 Å². The largest absolute Gasteiger partial charge is 0.496 e. The number of para-hydroxylation sites is 1. The number of nitrogens with zero attached hydrogens (tertiary/aromatic N) is 3. The molecule has 0 spiro atoms. The first kappa shape index (κ1) is 22.1. The minimum absolute atomic E-state index is 0.142. The average molecular weight is 447 g/mol. The zero-order valence-corrected chi connectivity index (χ0v) is 18.7. The first-order valence-electron chi connectivity index (χ1n) is 10.8. The van der Waals surface area contributed by atoms with Crippen LogP contribution in [0.15, 0.2) is 71.8 Å². The predicted molar refractivity (Wildman–Crippen MR) is 126 cm³/mol. The molecule has 0 saturated heterocycles. The van der Waals surface area contributed by atoms with Gasteiger partial charge in [-0.05, 0) is 43.3 Å². The number of aromatic nitrogens is 3. The van der Waals surface area contributed by atoms with Gasteiger partial charge in [0.05, 0.1) is 19.4 Å². The van der Waals surface area contributed by atoms with E-state index in [0.29, 0.717) is 24.4 Å². The Balaban J connectivity index is 1.42. The van der Waals surface area contributed by atoms with Crippen LogP contribution >= 0.6 is 0 Å². The van der Waals surface area contributed by atoms with Crippen molar-refractivity contribution in [2.24, 2.45) is 0 Å². The van der Waals surface area contributed by atoms with E-state index in [1.807, 2.05) is 55.5 Å². The lowest BCUT2D eigenvalue weighted by Gasteiger charge is -2.10. The Bertz CT molecular complexity index is 1310. The van der Waals surface area contributed by atoms with Gasteiger partial charge in [-0.15, -0.1) is 0 Å². The minimum atomic E-state index is -0.195. The van der Waals surface area contributed by atoms with Gasteiger partial charge in [-0.25, -0.2) is 4.52 Å². The summed E-state index contributed by atoms with van der Waals surface area (Å²) in [5.74, 6) is 1.37. The van der Waals surface area contributed by atoms with Crippen LogP contribution in [0.3, 0.4) is 0 Å². The van der Waals surface area contributed by atoms with E-state index in [2.05, 4.69) is 10.4 Å². The van der Waals surface area contributed by atoms with Gasteiger partial charge < -0.3 is 19.4 Å². The molecule has 0 unspecified atom stereocenters. The summed E-state index contributed by atoms with van der Waals surface area (Å²) in [6, 6.07) is 16.9. The Kier molecular flexibility index (Phi) is 6.73. The number of benzene rings is 2. The predicted octanol–water partition coefficient (Wildman–Crippen LogP) is 3.28. The first-order chi connectivity index (χ1) is 16.1. The summed E-state index contributed by atoms with van der Waals surface area (Å²) in [4.78, 5) is 25.3. The topological polar surface area (TPSA) is 86.9 Å². The highest BCUT2D eigenvalue weighted by atomic mass is 16.5. The fraction of sp³-hybridized carbons (Fsp3) is 0.240. The average Bonchev–Trinajstić information content (AvgIpc) is 3.28. The summed E-state index contributed by atoms with van der Waals surface area (Å²) in [7, 11) is 1.60. The van der Waals surface area contributed by atoms with Crippen LogP contribution in [0.5, 0.6) is 11.5 Å². The van der Waals surface area contributed by atoms with Crippen molar-refractivity contribution in [2.75, 3.05) is 13.7 Å². The number of hydrogen-bond acceptors (Lipinski definition) is 5. The van der Waals surface area contributed by atoms with Gasteiger partial charge in [0.25, 0.3) is 5.56 Å². The molecule has 0 atom stereocenters. The van der Waals surface area contributed by atoms with Crippen LogP contribution in [0.2, 0.25) is 0 Å². The minimum Gasteiger partial charge on any atom is -0.496 e. The molecular formula is C25H26N4O4. The zero-order chi connectivity index (χ0) is 23.2. The quantitative estimate of drug-likeness (QED) is 0.426. The fourth-order valence-electron chi connectivity index (χ4n) is 3.59. The molecule has 0 aliphatic rings. The Morgan fingerprint density at radius 2 is 1.88 bits per heavy atom. The van der Waals surface area contributed by atoms with Gasteiger partial charge in [-0.3, -0.25) is 9.59 Å². The molecule has 1 amide bonds. The summed E-state index contributed by atoms with van der Waals surface area (Å²) in [5, 5.41) is 7.38. The fourth-order valence-corrected chi connectivity index (χ4v) is 3.59. The SMILES string of the molecule is CCOc1ccc(-c2cc3c(=O)n(CCC(=O)NCc4ccccc4OC)ccn3n2)cc1. The molecule has 1 N–H and O–H groups in total. The molecule has 0 aliphatic heterocycles. The van der Waals surface area contributed by atoms with Crippen molar-refractivity contribution in [3.05, 3.63) is 82.9 Å². The highest BCUT2D eigenvalue weighted by molar-refractivity contribution is 5.76. The molecule has 33 heavy (non-hydrogen) atoms. The highest BCUT2D eigenvalue weighted by Gasteiger charge is 2.11. The van der Waals surface area contributed by atoms with Crippen molar-refractivity contribution in [1.82, 2.24) is 19.5 Å². The number of methoxy groups -OCH3 is 1. The number of nitrogens with one attached hydrogen (secondary N) is 1. The number of carbonyl (C=O) groups is 1. The summed E-state index contributed by atoms with van der Waals surface area (Å²) in [5.41, 5.74) is 2.75. The van der Waals surface area contributed by atoms with Gasteiger partial charge >= 0.3 is 0 Å². The van der Waals surface area contributed by atoms with Crippen molar-refractivity contribution in [3.8, 4) is 22.8 Å². The molecule has 2 heterocycles. The van der Waals surface area contributed by atoms with E-state index in [1.54, 1.807) is 30.1 Å². The number of ether oxygens (including phenoxy) is 2. The lowest BCUT2D eigenvalue weighted by molar-refractivity contribution is -0.121. The number of amides is 1. The molecule has 2 aromatic heterocycles. The van der Waals surface area contributed by atoms with Crippen LogP contribution in [0, 0.1) is 0 Å². The summed E-state index contributed by atoms with van der Waals surface area (Å²) in [6.07, 6.45) is 3.56. The van der Waals surface area contributed by atoms with Gasteiger partial charge in [0.2, 0.25) is 5.91 Å². The van der Waals surface area contributed by atoms with Crippen LogP contribution < -0.4 is 20.3 Å². The van der Waals surface area contributed by atoms with Crippen LogP contribution in [-0.4, -0.2) is 33.8 Å². The number of rotatable bonds is 9. The van der Waals surface area contributed by atoms with E-state index in [-0.39, 0.29) is 24.4 Å². The molecule has 8 nitrogen and oxygen atoms in total. The summed E-state index contributed by atoms with van der Waals surface area (Å²) in [6.45, 7) is 3.18. The third kappa shape index (κ3) is 5.06. The molecule has 0 bridgehead atoms. The maximum absolute atomic E-state index is 12.9. The van der Waals surface area contributed by atoms with Crippen molar-refractivity contribution >= 4 is 11.4 Å². The number of aryl methyl sites for hydroxylation is 1. The van der Waals surface area contributed by atoms with Gasteiger partial charge in [-0.2, -0.15) is 5.10 Å². The Hall–Kier alpha value is -4.07. The lowest BCUT2D eigenvalue weighted by Crippen LogP contribution is -2.27. The molecule has 4 aromatic rings. The third-order valence-corrected chi connectivity index (χ3v) is 5.31. The van der Waals surface area contributed by atoms with Crippen LogP contribution in [-0.2, 0) is 17.9 Å². The molecule has 170 valence electrons. The zero-order valence-electron chi connectivity index (χ0n) is 18.7. The lowest BCUT2D eigenvalue weighted by atomic mass is 10.1. The number of fused-ring (bicyclic) bond motifs is 1. The monoisotopic (exact) mass is 446 g/mol. The number of hydrogen-bond donors (Lipinski definition) is 1. The maximum atomic E-state index is 12.9. The van der Waals surface area contributed by atoms with Gasteiger partial charge in [-0.1, -0.05) is 18.2 Å². The van der Waals surface area contributed by atoms with E-state index in [0.717, 1.165) is 22.6 Å². The molecular weight excluding hydrogens is 420 g/mol. The van der Waals surface area contributed by atoms with Crippen molar-refractivity contribution in [2.45, 2.75) is 26.4 Å². The Morgan fingerprint density at radius 1 is 1.09 bits per heavy atom. The van der Waals surface area contributed by atoms with E-state index < -0.39 is 0 Å². The van der Waals surface area contributed by atoms with Gasteiger partial charge in [0.15, 0.2) is 0 Å². The van der Waals surface area contributed by atoms with Crippen molar-refractivity contribution < 1.29 is 14.3 Å². The van der Waals surface area contributed by atoms with Gasteiger partial charge in [0.1, 0.15) is 17.0 Å². The molecule has 0 saturated carbocycles. The molecule has 0 aliphatic carbocycles. The highest BCUT2D eigenvalue weighted by Crippen LogP contribution is 2.22. The van der Waals surface area contributed by atoms with Crippen LogP contribution in [0.1, 0.15) is 18.9 Å². The molecule has 8 heteroatoms. The van der Waals surface area contributed by atoms with Crippen molar-refractivity contribution in [3.63, 3.8) is 0 Å². The second-order valence-electron chi connectivity index (χ2n) is 7.45. The van der Waals surface area contributed by atoms with Gasteiger partial charge in [0, 0.05) is 43.0 Å². The van der Waals surface area contributed by atoms with Crippen LogP contribution in [0.25, 0.3) is 16.8 Å². The first-order valence-corrected chi connectivity index (χ1v) is 10.8. The molecule has 0 fully saturated rings. The van der Waals surface area contributed by atoms with E-state index in [1.165, 1.54) is 4.57 Å². The van der Waals surface area contributed by atoms with E-state index in [4.69, 9.17) is 9.47 Å². The second kappa shape index (κ2) is 10.0. The molecule has 0 radical (unpaired) electrons. The van der Waals surface area contributed by atoms with E-state index in [9.17, 15) is 9.59 Å². The maximum Gasteiger partial charge on any atom is 0.276 e. The smallest absolute Gasteiger partial charge is 0.276 e. The summed E-state index contributed by atoms with van der Waals surface area (Å²) >= 11 is 0.